The highest BCUT2D eigenvalue weighted by Crippen LogP contribution is 2.20. The first-order valence-corrected chi connectivity index (χ1v) is 9.12. The summed E-state index contributed by atoms with van der Waals surface area (Å²) in [6.45, 7) is 2.17. The molecule has 7 heteroatoms. The molecule has 3 rings (SSSR count). The molecule has 148 valence electrons. The zero-order valence-electron chi connectivity index (χ0n) is 15.8. The van der Waals surface area contributed by atoms with E-state index >= 15 is 0 Å². The molecule has 0 spiro atoms. The van der Waals surface area contributed by atoms with Gasteiger partial charge in [-0.15, -0.1) is 0 Å². The molecule has 1 saturated heterocycles. The number of piperazine rings is 1. The van der Waals surface area contributed by atoms with E-state index in [2.05, 4.69) is 4.90 Å². The van der Waals surface area contributed by atoms with Crippen LogP contribution in [0.25, 0.3) is 0 Å². The molecule has 0 radical (unpaired) electrons. The zero-order chi connectivity index (χ0) is 19.9. The number of ether oxygens (including phenoxy) is 2. The van der Waals surface area contributed by atoms with E-state index < -0.39 is 11.8 Å². The first-order chi connectivity index (χ1) is 13.6. The summed E-state index contributed by atoms with van der Waals surface area (Å²) in [5, 5.41) is 0. The first-order valence-electron chi connectivity index (χ1n) is 9.12. The maximum Gasteiger partial charge on any atom is 0.310 e. The first kappa shape index (κ1) is 19.7. The summed E-state index contributed by atoms with van der Waals surface area (Å²) >= 11 is 0. The molecule has 1 aliphatic heterocycles. The van der Waals surface area contributed by atoms with Crippen molar-refractivity contribution in [1.29, 1.82) is 0 Å². The summed E-state index contributed by atoms with van der Waals surface area (Å²) in [6, 6.07) is 13.8. The summed E-state index contributed by atoms with van der Waals surface area (Å²) in [5.74, 6) is -0.512. The standard InChI is InChI=1S/C21H23FN2O4/c1-27-18-8-6-17(7-9-18)23-10-12-24(13-11-23)20(25)15-28-21(26)14-16-4-2-3-5-19(16)22/h2-9H,10-15H2,1H3. The lowest BCUT2D eigenvalue weighted by Gasteiger charge is -2.36. The van der Waals surface area contributed by atoms with Gasteiger partial charge in [0.1, 0.15) is 11.6 Å². The van der Waals surface area contributed by atoms with Crippen LogP contribution >= 0.6 is 0 Å². The van der Waals surface area contributed by atoms with Gasteiger partial charge in [0.15, 0.2) is 6.61 Å². The molecule has 6 nitrogen and oxygen atoms in total. The molecular formula is C21H23FN2O4. The van der Waals surface area contributed by atoms with E-state index in [-0.39, 0.29) is 24.5 Å². The second kappa shape index (κ2) is 9.21. The topological polar surface area (TPSA) is 59.1 Å². The number of benzene rings is 2. The predicted molar refractivity (Wildman–Crippen MR) is 103 cm³/mol. The highest BCUT2D eigenvalue weighted by Gasteiger charge is 2.22. The third kappa shape index (κ3) is 5.00. The van der Waals surface area contributed by atoms with Gasteiger partial charge < -0.3 is 19.3 Å². The van der Waals surface area contributed by atoms with Gasteiger partial charge in [-0.3, -0.25) is 9.59 Å². The number of esters is 1. The van der Waals surface area contributed by atoms with Gasteiger partial charge in [-0.1, -0.05) is 18.2 Å². The number of methoxy groups -OCH3 is 1. The SMILES string of the molecule is COc1ccc(N2CCN(C(=O)COC(=O)Cc3ccccc3F)CC2)cc1. The molecule has 0 aliphatic carbocycles. The van der Waals surface area contributed by atoms with Crippen LogP contribution < -0.4 is 9.64 Å². The Morgan fingerprint density at radius 2 is 1.68 bits per heavy atom. The largest absolute Gasteiger partial charge is 0.497 e. The lowest BCUT2D eigenvalue weighted by Crippen LogP contribution is -2.49. The fraction of sp³-hybridized carbons (Fsp3) is 0.333. The van der Waals surface area contributed by atoms with Crippen molar-refractivity contribution in [3.63, 3.8) is 0 Å². The molecule has 0 bridgehead atoms. The molecule has 28 heavy (non-hydrogen) atoms. The molecule has 1 amide bonds. The van der Waals surface area contributed by atoms with Crippen LogP contribution in [0.5, 0.6) is 5.75 Å². The average molecular weight is 386 g/mol. The van der Waals surface area contributed by atoms with Gasteiger partial charge in [-0.2, -0.15) is 0 Å². The number of carbonyl (C=O) groups is 2. The number of nitrogens with zero attached hydrogens (tertiary/aromatic N) is 2. The monoisotopic (exact) mass is 386 g/mol. The molecule has 0 unspecified atom stereocenters. The van der Waals surface area contributed by atoms with Crippen LogP contribution in [0.15, 0.2) is 48.5 Å². The van der Waals surface area contributed by atoms with E-state index in [1.54, 1.807) is 24.1 Å². The number of halogens is 1. The fourth-order valence-electron chi connectivity index (χ4n) is 3.09. The summed E-state index contributed by atoms with van der Waals surface area (Å²) < 4.78 is 23.8. The number of amides is 1. The maximum absolute atomic E-state index is 13.6. The number of carbonyl (C=O) groups excluding carboxylic acids is 2. The minimum atomic E-state index is -0.615. The van der Waals surface area contributed by atoms with Crippen LogP contribution in [-0.4, -0.2) is 56.7 Å². The highest BCUT2D eigenvalue weighted by atomic mass is 19.1. The van der Waals surface area contributed by atoms with E-state index in [1.165, 1.54) is 12.1 Å². The third-order valence-electron chi connectivity index (χ3n) is 4.72. The molecule has 0 N–H and O–H groups in total. The zero-order valence-corrected chi connectivity index (χ0v) is 15.8. The summed E-state index contributed by atoms with van der Waals surface area (Å²) in [4.78, 5) is 28.0. The highest BCUT2D eigenvalue weighted by molar-refractivity contribution is 5.81. The smallest absolute Gasteiger partial charge is 0.310 e. The Labute approximate surface area is 163 Å². The van der Waals surface area contributed by atoms with Crippen molar-refractivity contribution in [2.45, 2.75) is 6.42 Å². The van der Waals surface area contributed by atoms with Gasteiger partial charge in [0.2, 0.25) is 0 Å². The quantitative estimate of drug-likeness (QED) is 0.713. The van der Waals surface area contributed by atoms with Gasteiger partial charge in [-0.05, 0) is 35.9 Å². The Kier molecular flexibility index (Phi) is 6.47. The normalized spacial score (nSPS) is 13.9. The fourth-order valence-corrected chi connectivity index (χ4v) is 3.09. The molecule has 0 atom stereocenters. The Bertz CT molecular complexity index is 817. The van der Waals surface area contributed by atoms with Gasteiger partial charge in [0, 0.05) is 31.9 Å². The molecule has 2 aromatic carbocycles. The Morgan fingerprint density at radius 1 is 1.00 bits per heavy atom. The lowest BCUT2D eigenvalue weighted by atomic mass is 10.1. The number of rotatable bonds is 6. The van der Waals surface area contributed by atoms with Crippen LogP contribution in [-0.2, 0) is 20.7 Å². The third-order valence-corrected chi connectivity index (χ3v) is 4.72. The van der Waals surface area contributed by atoms with Crippen molar-refractivity contribution in [3.05, 3.63) is 59.9 Å². The number of hydrogen-bond acceptors (Lipinski definition) is 5. The van der Waals surface area contributed by atoms with Crippen molar-refractivity contribution in [1.82, 2.24) is 4.90 Å². The molecule has 0 saturated carbocycles. The van der Waals surface area contributed by atoms with E-state index in [0.717, 1.165) is 11.4 Å². The Morgan fingerprint density at radius 3 is 2.32 bits per heavy atom. The van der Waals surface area contributed by atoms with Crippen LogP contribution in [0.4, 0.5) is 10.1 Å². The van der Waals surface area contributed by atoms with Crippen LogP contribution in [0.3, 0.4) is 0 Å². The van der Waals surface area contributed by atoms with E-state index in [0.29, 0.717) is 26.2 Å². The van der Waals surface area contributed by atoms with Crippen molar-refractivity contribution in [2.75, 3.05) is 44.8 Å². The predicted octanol–water partition coefficient (Wildman–Crippen LogP) is 2.27. The van der Waals surface area contributed by atoms with Crippen molar-refractivity contribution < 1.29 is 23.5 Å². The molecule has 1 heterocycles. The summed E-state index contributed by atoms with van der Waals surface area (Å²) in [6.07, 6.45) is -0.189. The number of hydrogen-bond donors (Lipinski definition) is 0. The van der Waals surface area contributed by atoms with E-state index in [1.807, 2.05) is 24.3 Å². The number of anilines is 1. The average Bonchev–Trinajstić information content (AvgIpc) is 2.74. The van der Waals surface area contributed by atoms with Crippen LogP contribution in [0.2, 0.25) is 0 Å². The van der Waals surface area contributed by atoms with E-state index in [9.17, 15) is 14.0 Å². The van der Waals surface area contributed by atoms with Crippen LogP contribution in [0, 0.1) is 5.82 Å². The van der Waals surface area contributed by atoms with Crippen molar-refractivity contribution in [3.8, 4) is 5.75 Å². The maximum atomic E-state index is 13.6. The van der Waals surface area contributed by atoms with Gasteiger partial charge in [0.05, 0.1) is 13.5 Å². The van der Waals surface area contributed by atoms with Gasteiger partial charge in [0.25, 0.3) is 5.91 Å². The Hall–Kier alpha value is -3.09. The van der Waals surface area contributed by atoms with E-state index in [4.69, 9.17) is 9.47 Å². The molecule has 2 aromatic rings. The van der Waals surface area contributed by atoms with Crippen molar-refractivity contribution in [2.24, 2.45) is 0 Å². The molecule has 1 aliphatic rings. The summed E-state index contributed by atoms with van der Waals surface area (Å²) in [5.41, 5.74) is 1.33. The Balaban J connectivity index is 1.43. The molecule has 1 fully saturated rings. The minimum absolute atomic E-state index is 0.189. The second-order valence-corrected chi connectivity index (χ2v) is 6.49. The second-order valence-electron chi connectivity index (χ2n) is 6.49. The lowest BCUT2D eigenvalue weighted by molar-refractivity contribution is -0.151. The van der Waals surface area contributed by atoms with Crippen LogP contribution in [0.1, 0.15) is 5.56 Å². The van der Waals surface area contributed by atoms with Gasteiger partial charge >= 0.3 is 5.97 Å². The van der Waals surface area contributed by atoms with Gasteiger partial charge in [-0.25, -0.2) is 4.39 Å². The molecular weight excluding hydrogens is 363 g/mol. The molecule has 0 aromatic heterocycles. The summed E-state index contributed by atoms with van der Waals surface area (Å²) in [7, 11) is 1.63. The minimum Gasteiger partial charge on any atom is -0.497 e. The van der Waals surface area contributed by atoms with Crippen molar-refractivity contribution >= 4 is 17.6 Å².